The SMILES string of the molecule is O=C(NC1CCCCC1)[C@@H](c1ccccc1Cl)N(C(=O)[C@@H]1CCS(=O)(=O)N1c1ncccn1)c1cccc(F)c1. The minimum atomic E-state index is -3.94. The molecule has 9 nitrogen and oxygen atoms in total. The Labute approximate surface area is 237 Å². The van der Waals surface area contributed by atoms with E-state index in [4.69, 9.17) is 11.6 Å². The number of anilines is 2. The van der Waals surface area contributed by atoms with E-state index >= 15 is 0 Å². The Morgan fingerprint density at radius 1 is 1.00 bits per heavy atom. The van der Waals surface area contributed by atoms with E-state index < -0.39 is 39.7 Å². The van der Waals surface area contributed by atoms with Crippen molar-refractivity contribution in [2.75, 3.05) is 15.0 Å². The van der Waals surface area contributed by atoms with Gasteiger partial charge in [-0.3, -0.25) is 14.5 Å². The molecule has 0 bridgehead atoms. The summed E-state index contributed by atoms with van der Waals surface area (Å²) in [6.45, 7) is 0. The molecule has 0 spiro atoms. The maximum absolute atomic E-state index is 14.6. The fourth-order valence-corrected chi connectivity index (χ4v) is 7.26. The van der Waals surface area contributed by atoms with E-state index in [1.807, 2.05) is 0 Å². The zero-order chi connectivity index (χ0) is 28.3. The van der Waals surface area contributed by atoms with E-state index in [-0.39, 0.29) is 34.9 Å². The smallest absolute Gasteiger partial charge is 0.252 e. The molecule has 1 N–H and O–H groups in total. The van der Waals surface area contributed by atoms with Gasteiger partial charge in [0.25, 0.3) is 5.91 Å². The Morgan fingerprint density at radius 2 is 1.73 bits per heavy atom. The average molecular weight is 586 g/mol. The van der Waals surface area contributed by atoms with Gasteiger partial charge in [-0.25, -0.2) is 27.1 Å². The Morgan fingerprint density at radius 3 is 2.42 bits per heavy atom. The van der Waals surface area contributed by atoms with Crippen LogP contribution in [0, 0.1) is 5.82 Å². The number of benzene rings is 2. The third kappa shape index (κ3) is 5.80. The van der Waals surface area contributed by atoms with E-state index in [0.29, 0.717) is 5.56 Å². The quantitative estimate of drug-likeness (QED) is 0.440. The average Bonchev–Trinajstić information content (AvgIpc) is 3.27. The minimum absolute atomic E-state index is 0.0648. The molecule has 2 fully saturated rings. The van der Waals surface area contributed by atoms with Crippen LogP contribution in [0.4, 0.5) is 16.0 Å². The topological polar surface area (TPSA) is 113 Å². The molecule has 2 amide bonds. The second-order valence-corrected chi connectivity index (χ2v) is 12.3. The van der Waals surface area contributed by atoms with Crippen LogP contribution in [0.15, 0.2) is 67.0 Å². The van der Waals surface area contributed by atoms with Crippen LogP contribution < -0.4 is 14.5 Å². The van der Waals surface area contributed by atoms with Crippen molar-refractivity contribution in [1.29, 1.82) is 0 Å². The lowest BCUT2D eigenvalue weighted by molar-refractivity contribution is -0.127. The van der Waals surface area contributed by atoms with Gasteiger partial charge >= 0.3 is 0 Å². The summed E-state index contributed by atoms with van der Waals surface area (Å²) >= 11 is 6.58. The lowest BCUT2D eigenvalue weighted by Gasteiger charge is -2.36. The number of halogens is 2. The number of hydrogen-bond donors (Lipinski definition) is 1. The second kappa shape index (κ2) is 11.9. The first-order valence-electron chi connectivity index (χ1n) is 13.2. The predicted octanol–water partition coefficient (Wildman–Crippen LogP) is 4.40. The monoisotopic (exact) mass is 585 g/mol. The molecule has 1 saturated heterocycles. The normalized spacial score (nSPS) is 19.6. The van der Waals surface area contributed by atoms with E-state index in [9.17, 15) is 22.4 Å². The van der Waals surface area contributed by atoms with E-state index in [1.54, 1.807) is 24.3 Å². The number of hydrogen-bond acceptors (Lipinski definition) is 6. The van der Waals surface area contributed by atoms with Gasteiger partial charge in [-0.05, 0) is 49.6 Å². The van der Waals surface area contributed by atoms with Crippen LogP contribution in [0.3, 0.4) is 0 Å². The lowest BCUT2D eigenvalue weighted by atomic mass is 9.94. The molecular formula is C28H29ClFN5O4S. The third-order valence-corrected chi connectivity index (χ3v) is 9.36. The molecule has 2 heterocycles. The molecule has 2 atom stereocenters. The number of aromatic nitrogens is 2. The largest absolute Gasteiger partial charge is 0.351 e. The highest BCUT2D eigenvalue weighted by Gasteiger charge is 2.47. The Kier molecular flexibility index (Phi) is 8.32. The number of nitrogens with one attached hydrogen (secondary N) is 1. The van der Waals surface area contributed by atoms with Crippen LogP contribution in [0.1, 0.15) is 50.1 Å². The Balaban J connectivity index is 1.63. The molecule has 1 aliphatic carbocycles. The molecule has 0 radical (unpaired) electrons. The molecule has 3 aromatic rings. The van der Waals surface area contributed by atoms with Gasteiger partial charge in [-0.2, -0.15) is 0 Å². The standard InChI is InChI=1S/C28H29ClFN5O4S/c29-23-13-5-4-12-22(23)25(26(36)33-20-9-2-1-3-10-20)34(21-11-6-8-19(30)18-21)27(37)24-14-17-40(38,39)35(24)28-31-15-7-16-32-28/h4-8,11-13,15-16,18,20,24-25H,1-3,9-10,14,17H2,(H,33,36)/t24-,25+/m0/s1. The van der Waals surface area contributed by atoms with Crippen molar-refractivity contribution in [2.45, 2.75) is 56.7 Å². The van der Waals surface area contributed by atoms with Crippen molar-refractivity contribution in [3.63, 3.8) is 0 Å². The molecule has 1 aromatic heterocycles. The molecule has 40 heavy (non-hydrogen) atoms. The van der Waals surface area contributed by atoms with Gasteiger partial charge in [0.15, 0.2) is 0 Å². The van der Waals surface area contributed by atoms with Gasteiger partial charge in [0.1, 0.15) is 17.9 Å². The van der Waals surface area contributed by atoms with Gasteiger partial charge in [-0.1, -0.05) is 55.1 Å². The zero-order valence-electron chi connectivity index (χ0n) is 21.6. The molecular weight excluding hydrogens is 557 g/mol. The highest BCUT2D eigenvalue weighted by molar-refractivity contribution is 7.93. The molecule has 210 valence electrons. The number of rotatable bonds is 7. The summed E-state index contributed by atoms with van der Waals surface area (Å²) in [7, 11) is -3.94. The third-order valence-electron chi connectivity index (χ3n) is 7.25. The van der Waals surface area contributed by atoms with E-state index in [0.717, 1.165) is 47.4 Å². The van der Waals surface area contributed by atoms with Gasteiger partial charge in [0, 0.05) is 34.7 Å². The number of nitrogens with zero attached hydrogens (tertiary/aromatic N) is 4. The van der Waals surface area contributed by atoms with E-state index in [1.165, 1.54) is 36.7 Å². The van der Waals surface area contributed by atoms with Crippen LogP contribution >= 0.6 is 11.6 Å². The second-order valence-electron chi connectivity index (χ2n) is 9.92. The van der Waals surface area contributed by atoms with Crippen molar-refractivity contribution in [3.8, 4) is 0 Å². The zero-order valence-corrected chi connectivity index (χ0v) is 23.2. The van der Waals surface area contributed by atoms with Gasteiger partial charge in [0.2, 0.25) is 21.9 Å². The maximum Gasteiger partial charge on any atom is 0.252 e. The summed E-state index contributed by atoms with van der Waals surface area (Å²) in [6, 6.07) is 10.8. The molecule has 1 saturated carbocycles. The Bertz CT molecular complexity index is 1490. The maximum atomic E-state index is 14.6. The lowest BCUT2D eigenvalue weighted by Crippen LogP contribution is -2.53. The number of carbonyl (C=O) groups excluding carboxylic acids is 2. The molecule has 2 aliphatic rings. The van der Waals surface area contributed by atoms with Crippen LogP contribution in [0.25, 0.3) is 0 Å². The number of sulfonamides is 1. The van der Waals surface area contributed by atoms with Crippen LogP contribution in [-0.2, 0) is 19.6 Å². The van der Waals surface area contributed by atoms with Gasteiger partial charge < -0.3 is 5.32 Å². The van der Waals surface area contributed by atoms with Crippen molar-refractivity contribution in [2.24, 2.45) is 0 Å². The molecule has 2 aromatic carbocycles. The fraction of sp³-hybridized carbons (Fsp3) is 0.357. The first kappa shape index (κ1) is 28.0. The van der Waals surface area contributed by atoms with Gasteiger partial charge in [0.05, 0.1) is 5.75 Å². The van der Waals surface area contributed by atoms with Crippen LogP contribution in [-0.4, -0.2) is 48.0 Å². The number of amides is 2. The van der Waals surface area contributed by atoms with Crippen LogP contribution in [0.2, 0.25) is 5.02 Å². The summed E-state index contributed by atoms with van der Waals surface area (Å²) in [5, 5.41) is 3.31. The predicted molar refractivity (Wildman–Crippen MR) is 150 cm³/mol. The van der Waals surface area contributed by atoms with Crippen molar-refractivity contribution >= 4 is 45.1 Å². The Hall–Kier alpha value is -3.57. The molecule has 0 unspecified atom stereocenters. The fourth-order valence-electron chi connectivity index (χ4n) is 5.37. The first-order chi connectivity index (χ1) is 19.3. The van der Waals surface area contributed by atoms with Crippen molar-refractivity contribution < 1.29 is 22.4 Å². The molecule has 1 aliphatic heterocycles. The van der Waals surface area contributed by atoms with Crippen molar-refractivity contribution in [1.82, 2.24) is 15.3 Å². The number of carbonyl (C=O) groups is 2. The summed E-state index contributed by atoms with van der Waals surface area (Å²) < 4.78 is 41.6. The summed E-state index contributed by atoms with van der Waals surface area (Å²) in [5.74, 6) is -2.30. The summed E-state index contributed by atoms with van der Waals surface area (Å²) in [5.41, 5.74) is 0.422. The minimum Gasteiger partial charge on any atom is -0.351 e. The molecule has 5 rings (SSSR count). The summed E-state index contributed by atoms with van der Waals surface area (Å²) in [6.07, 6.45) is 7.33. The van der Waals surface area contributed by atoms with Crippen molar-refractivity contribution in [3.05, 3.63) is 83.4 Å². The van der Waals surface area contributed by atoms with E-state index in [2.05, 4.69) is 15.3 Å². The molecule has 12 heteroatoms. The van der Waals surface area contributed by atoms with Crippen LogP contribution in [0.5, 0.6) is 0 Å². The first-order valence-corrected chi connectivity index (χ1v) is 15.2. The highest BCUT2D eigenvalue weighted by Crippen LogP contribution is 2.36. The van der Waals surface area contributed by atoms with Gasteiger partial charge in [-0.15, -0.1) is 0 Å². The highest BCUT2D eigenvalue weighted by atomic mass is 35.5. The summed E-state index contributed by atoms with van der Waals surface area (Å²) in [4.78, 5) is 37.8.